The first-order chi connectivity index (χ1) is 15.4. The lowest BCUT2D eigenvalue weighted by Gasteiger charge is -2.13. The van der Waals surface area contributed by atoms with Crippen LogP contribution in [0.15, 0.2) is 36.4 Å². The van der Waals surface area contributed by atoms with E-state index in [2.05, 4.69) is 10.6 Å². The SMILES string of the molecule is CCCC(=O)Nc1ccc(OCC(=O)NCCc2ccc(OC)c(OC)c2)c(C(C)=O)c1. The average molecular weight is 443 g/mol. The fourth-order valence-corrected chi connectivity index (χ4v) is 3.04. The van der Waals surface area contributed by atoms with E-state index in [1.165, 1.54) is 6.92 Å². The number of carbonyl (C=O) groups excluding carboxylic acids is 3. The quantitative estimate of drug-likeness (QED) is 0.489. The van der Waals surface area contributed by atoms with Crippen LogP contribution in [-0.2, 0) is 16.0 Å². The topological polar surface area (TPSA) is 103 Å². The molecular formula is C24H30N2O6. The highest BCUT2D eigenvalue weighted by Crippen LogP contribution is 2.27. The van der Waals surface area contributed by atoms with Gasteiger partial charge in [0.2, 0.25) is 5.91 Å². The Morgan fingerprint density at radius 1 is 0.906 bits per heavy atom. The highest BCUT2D eigenvalue weighted by atomic mass is 16.5. The van der Waals surface area contributed by atoms with Crippen LogP contribution in [0.3, 0.4) is 0 Å². The zero-order valence-corrected chi connectivity index (χ0v) is 18.9. The van der Waals surface area contributed by atoms with E-state index in [1.54, 1.807) is 32.4 Å². The Labute approximate surface area is 188 Å². The van der Waals surface area contributed by atoms with Crippen molar-refractivity contribution in [3.63, 3.8) is 0 Å². The molecule has 0 radical (unpaired) electrons. The number of methoxy groups -OCH3 is 2. The molecule has 2 amide bonds. The van der Waals surface area contributed by atoms with Crippen molar-refractivity contribution >= 4 is 23.3 Å². The number of carbonyl (C=O) groups is 3. The third kappa shape index (κ3) is 7.30. The van der Waals surface area contributed by atoms with E-state index >= 15 is 0 Å². The van der Waals surface area contributed by atoms with Gasteiger partial charge >= 0.3 is 0 Å². The maximum Gasteiger partial charge on any atom is 0.257 e. The van der Waals surface area contributed by atoms with E-state index < -0.39 is 0 Å². The van der Waals surface area contributed by atoms with Gasteiger partial charge in [0.1, 0.15) is 5.75 Å². The van der Waals surface area contributed by atoms with Gasteiger partial charge in [-0.3, -0.25) is 14.4 Å². The molecule has 0 heterocycles. The van der Waals surface area contributed by atoms with Gasteiger partial charge in [0.25, 0.3) is 5.91 Å². The van der Waals surface area contributed by atoms with Crippen molar-refractivity contribution in [3.8, 4) is 17.2 Å². The maximum atomic E-state index is 12.2. The second-order valence-corrected chi connectivity index (χ2v) is 7.14. The summed E-state index contributed by atoms with van der Waals surface area (Å²) in [4.78, 5) is 35.9. The van der Waals surface area contributed by atoms with Gasteiger partial charge in [-0.25, -0.2) is 0 Å². The molecule has 0 aromatic heterocycles. The fraction of sp³-hybridized carbons (Fsp3) is 0.375. The number of Topliss-reactive ketones (excluding diaryl/α,β-unsaturated/α-hetero) is 1. The summed E-state index contributed by atoms with van der Waals surface area (Å²) in [5.41, 5.74) is 1.81. The number of nitrogens with one attached hydrogen (secondary N) is 2. The molecule has 0 aliphatic carbocycles. The largest absolute Gasteiger partial charge is 0.493 e. The summed E-state index contributed by atoms with van der Waals surface area (Å²) < 4.78 is 16.1. The summed E-state index contributed by atoms with van der Waals surface area (Å²) >= 11 is 0. The number of hydrogen-bond donors (Lipinski definition) is 2. The lowest BCUT2D eigenvalue weighted by Crippen LogP contribution is -2.30. The molecule has 2 rings (SSSR count). The summed E-state index contributed by atoms with van der Waals surface area (Å²) in [6, 6.07) is 10.4. The number of ether oxygens (including phenoxy) is 3. The van der Waals surface area contributed by atoms with Crippen LogP contribution in [0.1, 0.15) is 42.6 Å². The Balaban J connectivity index is 1.89. The predicted molar refractivity (Wildman–Crippen MR) is 122 cm³/mol. The molecule has 2 N–H and O–H groups in total. The third-order valence-corrected chi connectivity index (χ3v) is 4.66. The Morgan fingerprint density at radius 2 is 1.62 bits per heavy atom. The van der Waals surface area contributed by atoms with Crippen molar-refractivity contribution in [2.75, 3.05) is 32.7 Å². The molecule has 0 saturated heterocycles. The summed E-state index contributed by atoms with van der Waals surface area (Å²) in [6.45, 7) is 3.51. The Hall–Kier alpha value is -3.55. The summed E-state index contributed by atoms with van der Waals surface area (Å²) in [6.07, 6.45) is 1.74. The molecule has 2 aromatic carbocycles. The van der Waals surface area contributed by atoms with Gasteiger partial charge in [-0.05, 0) is 55.7 Å². The van der Waals surface area contributed by atoms with Gasteiger partial charge in [0.15, 0.2) is 23.9 Å². The first kappa shape index (κ1) is 24.7. The molecule has 0 aliphatic heterocycles. The average Bonchev–Trinajstić information content (AvgIpc) is 2.78. The first-order valence-electron chi connectivity index (χ1n) is 10.4. The third-order valence-electron chi connectivity index (χ3n) is 4.66. The van der Waals surface area contributed by atoms with Crippen LogP contribution in [0.4, 0.5) is 5.69 Å². The van der Waals surface area contributed by atoms with Crippen LogP contribution in [-0.4, -0.2) is 45.0 Å². The van der Waals surface area contributed by atoms with Crippen LogP contribution in [0.5, 0.6) is 17.2 Å². The minimum absolute atomic E-state index is 0.121. The summed E-state index contributed by atoms with van der Waals surface area (Å²) in [5.74, 6) is 0.919. The highest BCUT2D eigenvalue weighted by Gasteiger charge is 2.13. The number of amides is 2. The standard InChI is InChI=1S/C24H30N2O6/c1-5-6-23(28)26-18-8-10-20(19(14-18)16(2)27)32-15-24(29)25-12-11-17-7-9-21(30-3)22(13-17)31-4/h7-10,13-14H,5-6,11-12,15H2,1-4H3,(H,25,29)(H,26,28). The molecule has 0 saturated carbocycles. The molecule has 8 nitrogen and oxygen atoms in total. The van der Waals surface area contributed by atoms with Crippen LogP contribution < -0.4 is 24.8 Å². The van der Waals surface area contributed by atoms with Crippen molar-refractivity contribution in [2.45, 2.75) is 33.1 Å². The maximum absolute atomic E-state index is 12.2. The van der Waals surface area contributed by atoms with Gasteiger partial charge in [-0.1, -0.05) is 13.0 Å². The molecule has 0 bridgehead atoms. The molecule has 32 heavy (non-hydrogen) atoms. The van der Waals surface area contributed by atoms with E-state index in [-0.39, 0.29) is 24.2 Å². The molecule has 0 atom stereocenters. The van der Waals surface area contributed by atoms with Gasteiger partial charge in [-0.15, -0.1) is 0 Å². The highest BCUT2D eigenvalue weighted by molar-refractivity contribution is 5.99. The molecule has 0 unspecified atom stereocenters. The van der Waals surface area contributed by atoms with Gasteiger partial charge < -0.3 is 24.8 Å². The molecule has 2 aromatic rings. The van der Waals surface area contributed by atoms with Crippen molar-refractivity contribution in [2.24, 2.45) is 0 Å². The van der Waals surface area contributed by atoms with Crippen molar-refractivity contribution in [1.29, 1.82) is 0 Å². The molecule has 0 aliphatic rings. The normalized spacial score (nSPS) is 10.2. The van der Waals surface area contributed by atoms with E-state index in [1.807, 2.05) is 25.1 Å². The monoisotopic (exact) mass is 442 g/mol. The van der Waals surface area contributed by atoms with Crippen LogP contribution in [0.25, 0.3) is 0 Å². The minimum atomic E-state index is -0.305. The zero-order chi connectivity index (χ0) is 23.5. The number of anilines is 1. The number of hydrogen-bond acceptors (Lipinski definition) is 6. The second-order valence-electron chi connectivity index (χ2n) is 7.14. The van der Waals surface area contributed by atoms with Crippen molar-refractivity contribution < 1.29 is 28.6 Å². The number of benzene rings is 2. The Kier molecular flexibility index (Phi) is 9.53. The van der Waals surface area contributed by atoms with Crippen molar-refractivity contribution in [3.05, 3.63) is 47.5 Å². The molecule has 0 fully saturated rings. The number of rotatable bonds is 12. The smallest absolute Gasteiger partial charge is 0.257 e. The van der Waals surface area contributed by atoms with E-state index in [4.69, 9.17) is 14.2 Å². The molecule has 0 spiro atoms. The molecule has 172 valence electrons. The number of ketones is 1. The van der Waals surface area contributed by atoms with E-state index in [0.717, 1.165) is 12.0 Å². The fourth-order valence-electron chi connectivity index (χ4n) is 3.04. The van der Waals surface area contributed by atoms with Crippen LogP contribution in [0.2, 0.25) is 0 Å². The first-order valence-corrected chi connectivity index (χ1v) is 10.4. The van der Waals surface area contributed by atoms with Crippen LogP contribution >= 0.6 is 0 Å². The van der Waals surface area contributed by atoms with E-state index in [0.29, 0.717) is 47.9 Å². The van der Waals surface area contributed by atoms with Crippen molar-refractivity contribution in [1.82, 2.24) is 5.32 Å². The van der Waals surface area contributed by atoms with Crippen LogP contribution in [0, 0.1) is 0 Å². The van der Waals surface area contributed by atoms with Gasteiger partial charge in [0.05, 0.1) is 19.8 Å². The predicted octanol–water partition coefficient (Wildman–Crippen LogP) is 3.38. The lowest BCUT2D eigenvalue weighted by molar-refractivity contribution is -0.123. The minimum Gasteiger partial charge on any atom is -0.493 e. The van der Waals surface area contributed by atoms with Gasteiger partial charge in [0, 0.05) is 18.7 Å². The Bertz CT molecular complexity index is 958. The Morgan fingerprint density at radius 3 is 2.28 bits per heavy atom. The van der Waals surface area contributed by atoms with Gasteiger partial charge in [-0.2, -0.15) is 0 Å². The zero-order valence-electron chi connectivity index (χ0n) is 18.9. The molecule has 8 heteroatoms. The summed E-state index contributed by atoms with van der Waals surface area (Å²) in [7, 11) is 3.15. The molecular weight excluding hydrogens is 412 g/mol. The second kappa shape index (κ2) is 12.3. The van der Waals surface area contributed by atoms with E-state index in [9.17, 15) is 14.4 Å². The lowest BCUT2D eigenvalue weighted by atomic mass is 10.1. The summed E-state index contributed by atoms with van der Waals surface area (Å²) in [5, 5.41) is 5.54.